The molecule has 0 rings (SSSR count). The van der Waals surface area contributed by atoms with Crippen molar-refractivity contribution >= 4 is 24.3 Å². The molecule has 0 aliphatic carbocycles. The molecule has 0 saturated heterocycles. The van der Waals surface area contributed by atoms with E-state index in [9.17, 15) is 9.59 Å². The van der Waals surface area contributed by atoms with Gasteiger partial charge < -0.3 is 15.8 Å². The molecule has 0 aliphatic rings. The van der Waals surface area contributed by atoms with Crippen LogP contribution in [-0.2, 0) is 14.3 Å². The summed E-state index contributed by atoms with van der Waals surface area (Å²) in [6.45, 7) is 9.30. The third-order valence-corrected chi connectivity index (χ3v) is 2.36. The topological polar surface area (TPSA) is 81.4 Å². The number of nitrogens with two attached hydrogens (primary N) is 1. The van der Waals surface area contributed by atoms with Gasteiger partial charge in [-0.3, -0.25) is 9.59 Å². The van der Waals surface area contributed by atoms with Crippen LogP contribution in [0.4, 0.5) is 0 Å². The second-order valence-electron chi connectivity index (χ2n) is 4.90. The number of hydrogen-bond acceptors (Lipinski definition) is 4. The van der Waals surface area contributed by atoms with Crippen LogP contribution in [0.25, 0.3) is 0 Å². The molecule has 0 aliphatic heterocycles. The van der Waals surface area contributed by atoms with Crippen molar-refractivity contribution in [3.63, 3.8) is 0 Å². The lowest BCUT2D eigenvalue weighted by Gasteiger charge is -2.18. The van der Waals surface area contributed by atoms with Gasteiger partial charge in [0.2, 0.25) is 5.91 Å². The predicted molar refractivity (Wildman–Crippen MR) is 73.5 cm³/mol. The lowest BCUT2D eigenvalue weighted by atomic mass is 10.0. The zero-order valence-corrected chi connectivity index (χ0v) is 12.5. The van der Waals surface area contributed by atoms with Crippen LogP contribution in [0.1, 0.15) is 34.6 Å². The van der Waals surface area contributed by atoms with Crippen molar-refractivity contribution in [2.24, 2.45) is 17.6 Å². The Bertz CT molecular complexity index is 270. The first-order valence-corrected chi connectivity index (χ1v) is 5.99. The van der Waals surface area contributed by atoms with Crippen LogP contribution in [0.5, 0.6) is 0 Å². The summed E-state index contributed by atoms with van der Waals surface area (Å²) < 4.78 is 5.03. The monoisotopic (exact) mass is 280 g/mol. The third kappa shape index (κ3) is 7.50. The zero-order valence-electron chi connectivity index (χ0n) is 11.7. The molecule has 0 aromatic carbocycles. The number of esters is 1. The molecule has 0 aromatic heterocycles. The van der Waals surface area contributed by atoms with E-state index in [0.717, 1.165) is 0 Å². The van der Waals surface area contributed by atoms with Crippen molar-refractivity contribution in [3.05, 3.63) is 0 Å². The number of ether oxygens (including phenoxy) is 1. The van der Waals surface area contributed by atoms with Crippen LogP contribution in [-0.4, -0.2) is 30.6 Å². The van der Waals surface area contributed by atoms with Gasteiger partial charge in [0.05, 0.1) is 18.1 Å². The van der Waals surface area contributed by atoms with E-state index in [2.05, 4.69) is 5.32 Å². The summed E-state index contributed by atoms with van der Waals surface area (Å²) in [5, 5.41) is 2.65. The maximum absolute atomic E-state index is 11.5. The Balaban J connectivity index is 0. The standard InChI is InChI=1S/C12H24N2O3.ClH/c1-7(2)10(13)11(15)14-6-9(5)12(16)17-8(3)4;/h7-10H,6,13H2,1-5H3,(H,14,15);1H/t9?,10-;/m0./s1. The molecular formula is C12H25ClN2O3. The van der Waals surface area contributed by atoms with E-state index in [1.165, 1.54) is 0 Å². The van der Waals surface area contributed by atoms with Gasteiger partial charge in [0.1, 0.15) is 0 Å². The second kappa shape index (κ2) is 9.16. The number of hydrogen-bond donors (Lipinski definition) is 2. The number of nitrogens with one attached hydrogen (secondary N) is 1. The minimum absolute atomic E-state index is 0. The van der Waals surface area contributed by atoms with Crippen molar-refractivity contribution in [2.75, 3.05) is 6.54 Å². The zero-order chi connectivity index (χ0) is 13.6. The average molecular weight is 281 g/mol. The molecule has 0 saturated carbocycles. The van der Waals surface area contributed by atoms with Crippen LogP contribution < -0.4 is 11.1 Å². The summed E-state index contributed by atoms with van der Waals surface area (Å²) in [5.74, 6) is -0.823. The fourth-order valence-corrected chi connectivity index (χ4v) is 1.11. The Morgan fingerprint density at radius 3 is 2.06 bits per heavy atom. The minimum Gasteiger partial charge on any atom is -0.463 e. The molecule has 0 heterocycles. The molecule has 18 heavy (non-hydrogen) atoms. The van der Waals surface area contributed by atoms with Gasteiger partial charge >= 0.3 is 5.97 Å². The highest BCUT2D eigenvalue weighted by atomic mass is 35.5. The van der Waals surface area contributed by atoms with Crippen molar-refractivity contribution in [1.82, 2.24) is 5.32 Å². The van der Waals surface area contributed by atoms with Crippen molar-refractivity contribution in [2.45, 2.75) is 46.8 Å². The van der Waals surface area contributed by atoms with Crippen LogP contribution in [0, 0.1) is 11.8 Å². The van der Waals surface area contributed by atoms with Crippen LogP contribution in [0.15, 0.2) is 0 Å². The van der Waals surface area contributed by atoms with Gasteiger partial charge in [0.15, 0.2) is 0 Å². The number of rotatable bonds is 6. The molecule has 0 aromatic rings. The maximum Gasteiger partial charge on any atom is 0.310 e. The van der Waals surface area contributed by atoms with Gasteiger partial charge in [-0.25, -0.2) is 0 Å². The maximum atomic E-state index is 11.5. The SMILES string of the molecule is CC(C)OC(=O)C(C)CNC(=O)[C@@H](N)C(C)C.Cl. The van der Waals surface area contributed by atoms with E-state index >= 15 is 0 Å². The Morgan fingerprint density at radius 2 is 1.67 bits per heavy atom. The van der Waals surface area contributed by atoms with Gasteiger partial charge in [0.25, 0.3) is 0 Å². The van der Waals surface area contributed by atoms with E-state index < -0.39 is 6.04 Å². The van der Waals surface area contributed by atoms with E-state index in [-0.39, 0.29) is 48.8 Å². The summed E-state index contributed by atoms with van der Waals surface area (Å²) in [6, 6.07) is -0.539. The number of carbonyl (C=O) groups is 2. The quantitative estimate of drug-likeness (QED) is 0.714. The molecular weight excluding hydrogens is 256 g/mol. The molecule has 0 radical (unpaired) electrons. The van der Waals surface area contributed by atoms with Crippen molar-refractivity contribution in [1.29, 1.82) is 0 Å². The van der Waals surface area contributed by atoms with Crippen LogP contribution >= 0.6 is 12.4 Å². The molecule has 1 amide bonds. The van der Waals surface area contributed by atoms with Crippen LogP contribution in [0.3, 0.4) is 0 Å². The second-order valence-corrected chi connectivity index (χ2v) is 4.90. The van der Waals surface area contributed by atoms with Crippen LogP contribution in [0.2, 0.25) is 0 Å². The lowest BCUT2D eigenvalue weighted by Crippen LogP contribution is -2.46. The highest BCUT2D eigenvalue weighted by Crippen LogP contribution is 2.02. The lowest BCUT2D eigenvalue weighted by molar-refractivity contribution is -0.151. The molecule has 2 atom stereocenters. The number of amides is 1. The molecule has 0 fully saturated rings. The normalized spacial score (nSPS) is 13.8. The number of halogens is 1. The molecule has 5 nitrogen and oxygen atoms in total. The van der Waals surface area contributed by atoms with Crippen molar-refractivity contribution in [3.8, 4) is 0 Å². The average Bonchev–Trinajstić information content (AvgIpc) is 2.22. The molecule has 0 spiro atoms. The Labute approximate surface area is 115 Å². The summed E-state index contributed by atoms with van der Waals surface area (Å²) in [4.78, 5) is 23.0. The number of carbonyl (C=O) groups excluding carboxylic acids is 2. The van der Waals surface area contributed by atoms with E-state index in [1.807, 2.05) is 13.8 Å². The van der Waals surface area contributed by atoms with E-state index in [4.69, 9.17) is 10.5 Å². The molecule has 3 N–H and O–H groups in total. The van der Waals surface area contributed by atoms with E-state index in [1.54, 1.807) is 20.8 Å². The Kier molecular flexibility index (Phi) is 9.94. The Morgan fingerprint density at radius 1 is 1.17 bits per heavy atom. The molecule has 1 unspecified atom stereocenters. The summed E-state index contributed by atoms with van der Waals surface area (Å²) in [6.07, 6.45) is -0.140. The van der Waals surface area contributed by atoms with E-state index in [0.29, 0.717) is 0 Å². The first kappa shape index (κ1) is 19.5. The largest absolute Gasteiger partial charge is 0.463 e. The van der Waals surface area contributed by atoms with Gasteiger partial charge in [-0.1, -0.05) is 20.8 Å². The molecule has 108 valence electrons. The highest BCUT2D eigenvalue weighted by Gasteiger charge is 2.20. The first-order chi connectivity index (χ1) is 7.75. The molecule has 0 bridgehead atoms. The fraction of sp³-hybridized carbons (Fsp3) is 0.833. The highest BCUT2D eigenvalue weighted by molar-refractivity contribution is 5.85. The van der Waals surface area contributed by atoms with Crippen molar-refractivity contribution < 1.29 is 14.3 Å². The smallest absolute Gasteiger partial charge is 0.310 e. The van der Waals surface area contributed by atoms with Gasteiger partial charge in [-0.15, -0.1) is 12.4 Å². The first-order valence-electron chi connectivity index (χ1n) is 5.99. The summed E-state index contributed by atoms with van der Waals surface area (Å²) in [5.41, 5.74) is 5.67. The Hall–Kier alpha value is -0.810. The fourth-order valence-electron chi connectivity index (χ4n) is 1.11. The van der Waals surface area contributed by atoms with Gasteiger partial charge in [-0.05, 0) is 19.8 Å². The molecule has 6 heteroatoms. The minimum atomic E-state index is -0.539. The van der Waals surface area contributed by atoms with Gasteiger partial charge in [-0.2, -0.15) is 0 Å². The third-order valence-electron chi connectivity index (χ3n) is 2.36. The van der Waals surface area contributed by atoms with Gasteiger partial charge in [0, 0.05) is 6.54 Å². The summed E-state index contributed by atoms with van der Waals surface area (Å²) in [7, 11) is 0. The summed E-state index contributed by atoms with van der Waals surface area (Å²) >= 11 is 0. The predicted octanol–water partition coefficient (Wildman–Crippen LogP) is 1.10.